The largest absolute Gasteiger partial charge is 0.373 e. The number of rotatable bonds is 4. The van der Waals surface area contributed by atoms with Crippen LogP contribution in [0, 0.1) is 5.92 Å². The van der Waals surface area contributed by atoms with Gasteiger partial charge in [-0.25, -0.2) is 0 Å². The van der Waals surface area contributed by atoms with Gasteiger partial charge in [0.1, 0.15) is 0 Å². The van der Waals surface area contributed by atoms with Crippen LogP contribution in [0.1, 0.15) is 38.5 Å². The second kappa shape index (κ2) is 6.36. The minimum Gasteiger partial charge on any atom is -0.373 e. The zero-order valence-corrected chi connectivity index (χ0v) is 10.6. The van der Waals surface area contributed by atoms with Crippen LogP contribution in [0.3, 0.4) is 0 Å². The molecule has 0 aromatic rings. The lowest BCUT2D eigenvalue weighted by molar-refractivity contribution is -0.138. The van der Waals surface area contributed by atoms with Crippen molar-refractivity contribution < 1.29 is 9.53 Å². The van der Waals surface area contributed by atoms with Gasteiger partial charge in [0.25, 0.3) is 0 Å². The van der Waals surface area contributed by atoms with Gasteiger partial charge in [-0.05, 0) is 12.3 Å². The van der Waals surface area contributed by atoms with Crippen molar-refractivity contribution in [3.8, 4) is 0 Å². The summed E-state index contributed by atoms with van der Waals surface area (Å²) in [6, 6.07) is 0. The molecule has 0 bridgehead atoms. The van der Waals surface area contributed by atoms with Crippen molar-refractivity contribution in [1.82, 2.24) is 4.90 Å². The predicted molar refractivity (Wildman–Crippen MR) is 66.6 cm³/mol. The summed E-state index contributed by atoms with van der Waals surface area (Å²) in [5.74, 6) is 1.09. The summed E-state index contributed by atoms with van der Waals surface area (Å²) in [7, 11) is 0. The second-order valence-electron chi connectivity index (χ2n) is 5.26. The molecule has 2 N–H and O–H groups in total. The maximum absolute atomic E-state index is 12.0. The predicted octanol–water partition coefficient (Wildman–Crippen LogP) is 1.14. The summed E-state index contributed by atoms with van der Waals surface area (Å²) in [5.41, 5.74) is 5.58. The number of carbonyl (C=O) groups excluding carboxylic acids is 1. The Bertz CT molecular complexity index is 252. The lowest BCUT2D eigenvalue weighted by Gasteiger charge is -2.32. The number of nitrogens with zero attached hydrogens (tertiary/aromatic N) is 1. The summed E-state index contributed by atoms with van der Waals surface area (Å²) < 4.78 is 5.47. The molecule has 2 fully saturated rings. The Morgan fingerprint density at radius 3 is 2.82 bits per heavy atom. The van der Waals surface area contributed by atoms with E-state index in [0.29, 0.717) is 32.0 Å². The van der Waals surface area contributed by atoms with Gasteiger partial charge in [0.2, 0.25) is 5.91 Å². The Hall–Kier alpha value is -0.610. The minimum atomic E-state index is 0.0409. The van der Waals surface area contributed by atoms with E-state index in [1.165, 1.54) is 25.7 Å². The van der Waals surface area contributed by atoms with Crippen molar-refractivity contribution in [2.75, 3.05) is 26.2 Å². The summed E-state index contributed by atoms with van der Waals surface area (Å²) in [5, 5.41) is 0. The first-order chi connectivity index (χ1) is 8.29. The van der Waals surface area contributed by atoms with Crippen molar-refractivity contribution >= 4 is 5.91 Å². The molecule has 1 saturated carbocycles. The highest BCUT2D eigenvalue weighted by Crippen LogP contribution is 2.28. The molecular weight excluding hydrogens is 216 g/mol. The van der Waals surface area contributed by atoms with E-state index >= 15 is 0 Å². The van der Waals surface area contributed by atoms with Crippen LogP contribution in [-0.2, 0) is 9.53 Å². The first-order valence-electron chi connectivity index (χ1n) is 6.89. The molecule has 1 unspecified atom stereocenters. The standard InChI is InChI=1S/C13H24N2O2/c14-9-12-10-15(7-8-17-12)13(16)6-5-11-3-1-2-4-11/h11-12H,1-10,14H2. The van der Waals surface area contributed by atoms with E-state index in [0.717, 1.165) is 18.9 Å². The van der Waals surface area contributed by atoms with Gasteiger partial charge in [0.15, 0.2) is 0 Å². The molecule has 4 heteroatoms. The normalized spacial score (nSPS) is 26.4. The van der Waals surface area contributed by atoms with Crippen molar-refractivity contribution in [2.24, 2.45) is 11.7 Å². The fourth-order valence-corrected chi connectivity index (χ4v) is 2.87. The number of morpholine rings is 1. The molecule has 2 rings (SSSR count). The van der Waals surface area contributed by atoms with E-state index in [9.17, 15) is 4.79 Å². The van der Waals surface area contributed by atoms with Gasteiger partial charge in [0.05, 0.1) is 12.7 Å². The number of hydrogen-bond acceptors (Lipinski definition) is 3. The molecule has 0 aromatic heterocycles. The molecule has 0 aromatic carbocycles. The Morgan fingerprint density at radius 2 is 2.12 bits per heavy atom. The van der Waals surface area contributed by atoms with Crippen LogP contribution in [0.4, 0.5) is 0 Å². The molecule has 1 aliphatic carbocycles. The van der Waals surface area contributed by atoms with Crippen molar-refractivity contribution in [3.05, 3.63) is 0 Å². The van der Waals surface area contributed by atoms with Crippen molar-refractivity contribution in [2.45, 2.75) is 44.6 Å². The van der Waals surface area contributed by atoms with Crippen LogP contribution in [-0.4, -0.2) is 43.2 Å². The second-order valence-corrected chi connectivity index (χ2v) is 5.26. The summed E-state index contributed by atoms with van der Waals surface area (Å²) in [6.45, 7) is 2.56. The zero-order chi connectivity index (χ0) is 12.1. The third-order valence-corrected chi connectivity index (χ3v) is 4.00. The van der Waals surface area contributed by atoms with Gasteiger partial charge in [-0.15, -0.1) is 0 Å². The number of ether oxygens (including phenoxy) is 1. The van der Waals surface area contributed by atoms with Crippen molar-refractivity contribution in [1.29, 1.82) is 0 Å². The van der Waals surface area contributed by atoms with Gasteiger partial charge < -0.3 is 15.4 Å². The fraction of sp³-hybridized carbons (Fsp3) is 0.923. The molecule has 1 heterocycles. The zero-order valence-electron chi connectivity index (χ0n) is 10.6. The highest BCUT2D eigenvalue weighted by molar-refractivity contribution is 5.76. The lowest BCUT2D eigenvalue weighted by atomic mass is 10.0. The Kier molecular flexibility index (Phi) is 4.80. The Labute approximate surface area is 103 Å². The molecule has 0 radical (unpaired) electrons. The molecular formula is C13H24N2O2. The number of hydrogen-bond donors (Lipinski definition) is 1. The van der Waals surface area contributed by atoms with E-state index in [1.54, 1.807) is 0 Å². The molecule has 1 atom stereocenters. The van der Waals surface area contributed by atoms with Crippen molar-refractivity contribution in [3.63, 3.8) is 0 Å². The van der Waals surface area contributed by atoms with E-state index < -0.39 is 0 Å². The van der Waals surface area contributed by atoms with Crippen LogP contribution in [0.5, 0.6) is 0 Å². The Balaban J connectivity index is 1.71. The summed E-state index contributed by atoms with van der Waals surface area (Å²) in [4.78, 5) is 14.0. The number of amides is 1. The fourth-order valence-electron chi connectivity index (χ4n) is 2.87. The van der Waals surface area contributed by atoms with Crippen LogP contribution in [0.2, 0.25) is 0 Å². The molecule has 98 valence electrons. The highest BCUT2D eigenvalue weighted by atomic mass is 16.5. The summed E-state index contributed by atoms with van der Waals surface area (Å²) >= 11 is 0. The van der Waals surface area contributed by atoms with E-state index in [-0.39, 0.29) is 6.10 Å². The minimum absolute atomic E-state index is 0.0409. The third-order valence-electron chi connectivity index (χ3n) is 4.00. The van der Waals surface area contributed by atoms with E-state index in [2.05, 4.69) is 0 Å². The van der Waals surface area contributed by atoms with Gasteiger partial charge >= 0.3 is 0 Å². The molecule has 17 heavy (non-hydrogen) atoms. The van der Waals surface area contributed by atoms with Gasteiger partial charge in [-0.2, -0.15) is 0 Å². The topological polar surface area (TPSA) is 55.6 Å². The van der Waals surface area contributed by atoms with Gasteiger partial charge in [-0.3, -0.25) is 4.79 Å². The van der Waals surface area contributed by atoms with Crippen LogP contribution in [0.25, 0.3) is 0 Å². The molecule has 1 saturated heterocycles. The third kappa shape index (κ3) is 3.68. The van der Waals surface area contributed by atoms with Gasteiger partial charge in [-0.1, -0.05) is 25.7 Å². The average Bonchev–Trinajstić information content (AvgIpc) is 2.89. The molecule has 1 aliphatic heterocycles. The smallest absolute Gasteiger partial charge is 0.222 e. The van der Waals surface area contributed by atoms with Crippen LogP contribution >= 0.6 is 0 Å². The molecule has 0 spiro atoms. The summed E-state index contributed by atoms with van der Waals surface area (Å²) in [6.07, 6.45) is 7.17. The number of carbonyl (C=O) groups is 1. The van der Waals surface area contributed by atoms with Gasteiger partial charge in [0, 0.05) is 26.1 Å². The maximum Gasteiger partial charge on any atom is 0.222 e. The lowest BCUT2D eigenvalue weighted by Crippen LogP contribution is -2.48. The first kappa shape index (κ1) is 12.8. The van der Waals surface area contributed by atoms with Crippen LogP contribution in [0.15, 0.2) is 0 Å². The molecule has 4 nitrogen and oxygen atoms in total. The maximum atomic E-state index is 12.0. The first-order valence-corrected chi connectivity index (χ1v) is 6.89. The van der Waals surface area contributed by atoms with Crippen LogP contribution < -0.4 is 5.73 Å². The average molecular weight is 240 g/mol. The SMILES string of the molecule is NCC1CN(C(=O)CCC2CCCC2)CCO1. The number of nitrogens with two attached hydrogens (primary N) is 1. The van der Waals surface area contributed by atoms with E-state index in [4.69, 9.17) is 10.5 Å². The highest BCUT2D eigenvalue weighted by Gasteiger charge is 2.24. The Morgan fingerprint density at radius 1 is 1.35 bits per heavy atom. The molecule has 1 amide bonds. The van der Waals surface area contributed by atoms with E-state index in [1.807, 2.05) is 4.90 Å². The quantitative estimate of drug-likeness (QED) is 0.802. The molecule has 2 aliphatic rings. The monoisotopic (exact) mass is 240 g/mol.